The number of aromatic nitrogens is 2. The minimum atomic E-state index is -1.37. The second kappa shape index (κ2) is 4.53. The maximum atomic E-state index is 10.9. The first-order chi connectivity index (χ1) is 8.47. The van der Waals surface area contributed by atoms with E-state index in [0.29, 0.717) is 0 Å². The standard InChI is InChI=1S/C9H13N3O6/c10-7(16)4-8(17)12(2-11-4)9-6(15)5(14)3(1-13)18-9/h2-3,5-6,9,13-15,17H,1H2,(H2,10,16)/t3-,5?,6-,9-/m1/s1. The largest absolute Gasteiger partial charge is 0.493 e. The van der Waals surface area contributed by atoms with Crippen molar-refractivity contribution in [2.75, 3.05) is 6.61 Å². The quantitative estimate of drug-likeness (QED) is 0.396. The first-order valence-corrected chi connectivity index (χ1v) is 5.15. The van der Waals surface area contributed by atoms with Gasteiger partial charge in [0, 0.05) is 0 Å². The maximum absolute atomic E-state index is 10.9. The predicted molar refractivity (Wildman–Crippen MR) is 55.4 cm³/mol. The van der Waals surface area contributed by atoms with Crippen LogP contribution < -0.4 is 5.73 Å². The summed E-state index contributed by atoms with van der Waals surface area (Å²) in [5, 5.41) is 37.9. The zero-order valence-electron chi connectivity index (χ0n) is 9.17. The molecule has 18 heavy (non-hydrogen) atoms. The van der Waals surface area contributed by atoms with E-state index >= 15 is 0 Å². The fourth-order valence-electron chi connectivity index (χ4n) is 1.82. The second-order valence-corrected chi connectivity index (χ2v) is 3.92. The number of carbonyl (C=O) groups excluding carboxylic acids is 1. The molecule has 0 saturated carbocycles. The van der Waals surface area contributed by atoms with E-state index in [9.17, 15) is 20.1 Å². The molecule has 0 bridgehead atoms. The number of aliphatic hydroxyl groups is 3. The highest BCUT2D eigenvalue weighted by atomic mass is 16.6. The van der Waals surface area contributed by atoms with Gasteiger partial charge in [0.1, 0.15) is 24.6 Å². The molecule has 100 valence electrons. The minimum absolute atomic E-state index is 0.368. The van der Waals surface area contributed by atoms with Crippen LogP contribution in [-0.4, -0.2) is 60.8 Å². The van der Waals surface area contributed by atoms with Gasteiger partial charge in [-0.1, -0.05) is 0 Å². The molecule has 1 aromatic rings. The lowest BCUT2D eigenvalue weighted by molar-refractivity contribution is -0.0553. The summed E-state index contributed by atoms with van der Waals surface area (Å²) in [5.74, 6) is -1.50. The zero-order valence-corrected chi connectivity index (χ0v) is 9.17. The monoisotopic (exact) mass is 259 g/mol. The van der Waals surface area contributed by atoms with Gasteiger partial charge in [0.2, 0.25) is 5.88 Å². The van der Waals surface area contributed by atoms with Crippen LogP contribution in [0, 0.1) is 0 Å². The molecule has 1 unspecified atom stereocenters. The summed E-state index contributed by atoms with van der Waals surface area (Å²) >= 11 is 0. The van der Waals surface area contributed by atoms with Crippen molar-refractivity contribution >= 4 is 5.91 Å². The molecule has 9 nitrogen and oxygen atoms in total. The van der Waals surface area contributed by atoms with Crippen molar-refractivity contribution in [2.45, 2.75) is 24.5 Å². The van der Waals surface area contributed by atoms with Crippen molar-refractivity contribution < 1.29 is 30.0 Å². The third kappa shape index (κ3) is 1.82. The summed E-state index contributed by atoms with van der Waals surface area (Å²) in [6.45, 7) is -0.493. The molecule has 2 rings (SSSR count). The molecule has 1 amide bonds. The van der Waals surface area contributed by atoms with Gasteiger partial charge in [0.25, 0.3) is 5.91 Å². The number of hydrogen-bond acceptors (Lipinski definition) is 7. The third-order valence-electron chi connectivity index (χ3n) is 2.79. The highest BCUT2D eigenvalue weighted by Gasteiger charge is 2.44. The van der Waals surface area contributed by atoms with E-state index in [4.69, 9.17) is 15.6 Å². The van der Waals surface area contributed by atoms with E-state index in [-0.39, 0.29) is 5.69 Å². The lowest BCUT2D eigenvalue weighted by Gasteiger charge is -2.16. The average Bonchev–Trinajstić information content (AvgIpc) is 2.82. The third-order valence-corrected chi connectivity index (χ3v) is 2.79. The topological polar surface area (TPSA) is 151 Å². The SMILES string of the molecule is NC(=O)c1ncn([C@@H]2O[C@H](CO)C(O)[C@H]2O)c1O. The summed E-state index contributed by atoms with van der Waals surface area (Å²) in [4.78, 5) is 14.5. The minimum Gasteiger partial charge on any atom is -0.493 e. The van der Waals surface area contributed by atoms with E-state index in [1.165, 1.54) is 0 Å². The van der Waals surface area contributed by atoms with E-state index in [1.54, 1.807) is 0 Å². The van der Waals surface area contributed by atoms with Crippen molar-refractivity contribution in [2.24, 2.45) is 5.73 Å². The van der Waals surface area contributed by atoms with Crippen molar-refractivity contribution in [3.8, 4) is 5.88 Å². The fourth-order valence-corrected chi connectivity index (χ4v) is 1.82. The lowest BCUT2D eigenvalue weighted by Crippen LogP contribution is -2.33. The van der Waals surface area contributed by atoms with Crippen LogP contribution in [0.25, 0.3) is 0 Å². The van der Waals surface area contributed by atoms with Gasteiger partial charge in [-0.15, -0.1) is 0 Å². The molecule has 1 aliphatic rings. The Morgan fingerprint density at radius 1 is 1.50 bits per heavy atom. The summed E-state index contributed by atoms with van der Waals surface area (Å²) in [6, 6.07) is 0. The number of nitrogens with zero attached hydrogens (tertiary/aromatic N) is 2. The van der Waals surface area contributed by atoms with E-state index in [1.807, 2.05) is 0 Å². The molecule has 1 aliphatic heterocycles. The van der Waals surface area contributed by atoms with Crippen molar-refractivity contribution in [3.63, 3.8) is 0 Å². The number of carbonyl (C=O) groups is 1. The van der Waals surface area contributed by atoms with Crippen LogP contribution in [0.3, 0.4) is 0 Å². The number of imidazole rings is 1. The van der Waals surface area contributed by atoms with Gasteiger partial charge in [0.15, 0.2) is 11.9 Å². The molecule has 1 fully saturated rings. The molecule has 0 spiro atoms. The molecule has 0 radical (unpaired) electrons. The Labute approximate surface area is 101 Å². The van der Waals surface area contributed by atoms with Gasteiger partial charge in [0.05, 0.1) is 6.61 Å². The number of hydrogen-bond donors (Lipinski definition) is 5. The van der Waals surface area contributed by atoms with Crippen molar-refractivity contribution in [3.05, 3.63) is 12.0 Å². The van der Waals surface area contributed by atoms with E-state index in [0.717, 1.165) is 10.9 Å². The van der Waals surface area contributed by atoms with Gasteiger partial charge < -0.3 is 30.9 Å². The first kappa shape index (κ1) is 12.8. The summed E-state index contributed by atoms with van der Waals surface area (Å²) in [6.07, 6.45) is -3.76. The lowest BCUT2D eigenvalue weighted by atomic mass is 10.1. The summed E-state index contributed by atoms with van der Waals surface area (Å²) < 4.78 is 6.12. The number of primary amides is 1. The van der Waals surface area contributed by atoms with Crippen molar-refractivity contribution in [1.29, 1.82) is 0 Å². The Morgan fingerprint density at radius 3 is 2.61 bits per heavy atom. The molecular weight excluding hydrogens is 246 g/mol. The number of ether oxygens (including phenoxy) is 1. The average molecular weight is 259 g/mol. The van der Waals surface area contributed by atoms with Crippen LogP contribution in [0.2, 0.25) is 0 Å². The highest BCUT2D eigenvalue weighted by molar-refractivity contribution is 5.92. The Morgan fingerprint density at radius 2 is 2.17 bits per heavy atom. The van der Waals surface area contributed by atoms with Crippen LogP contribution in [0.4, 0.5) is 0 Å². The number of nitrogens with two attached hydrogens (primary N) is 1. The smallest absolute Gasteiger partial charge is 0.272 e. The number of aliphatic hydroxyl groups excluding tert-OH is 3. The molecule has 2 heterocycles. The summed E-state index contributed by atoms with van der Waals surface area (Å²) in [5.41, 5.74) is 4.61. The molecular formula is C9H13N3O6. The Hall–Kier alpha value is -1.68. The van der Waals surface area contributed by atoms with Crippen molar-refractivity contribution in [1.82, 2.24) is 9.55 Å². The number of amides is 1. The normalized spacial score (nSPS) is 31.7. The van der Waals surface area contributed by atoms with E-state index in [2.05, 4.69) is 4.98 Å². The molecule has 4 atom stereocenters. The van der Waals surface area contributed by atoms with Crippen LogP contribution in [0.5, 0.6) is 5.88 Å². The van der Waals surface area contributed by atoms with Crippen LogP contribution in [-0.2, 0) is 4.74 Å². The molecule has 6 N–H and O–H groups in total. The Kier molecular flexibility index (Phi) is 3.22. The fraction of sp³-hybridized carbons (Fsp3) is 0.556. The Balaban J connectivity index is 2.30. The summed E-state index contributed by atoms with van der Waals surface area (Å²) in [7, 11) is 0. The van der Waals surface area contributed by atoms with Crippen LogP contribution in [0.15, 0.2) is 6.33 Å². The van der Waals surface area contributed by atoms with Crippen LogP contribution >= 0.6 is 0 Å². The number of aromatic hydroxyl groups is 1. The molecule has 1 aromatic heterocycles. The van der Waals surface area contributed by atoms with Gasteiger partial charge in [-0.05, 0) is 0 Å². The van der Waals surface area contributed by atoms with Gasteiger partial charge in [-0.3, -0.25) is 9.36 Å². The predicted octanol–water partition coefficient (Wildman–Crippen LogP) is -2.70. The molecule has 0 aliphatic carbocycles. The zero-order chi connectivity index (χ0) is 13.4. The number of rotatable bonds is 3. The molecule has 0 aromatic carbocycles. The molecule has 9 heteroatoms. The maximum Gasteiger partial charge on any atom is 0.272 e. The highest BCUT2D eigenvalue weighted by Crippen LogP contribution is 2.32. The van der Waals surface area contributed by atoms with Gasteiger partial charge in [-0.2, -0.15) is 0 Å². The van der Waals surface area contributed by atoms with Gasteiger partial charge >= 0.3 is 0 Å². The van der Waals surface area contributed by atoms with E-state index < -0.39 is 42.9 Å². The second-order valence-electron chi connectivity index (χ2n) is 3.92. The molecule has 1 saturated heterocycles. The van der Waals surface area contributed by atoms with Crippen LogP contribution in [0.1, 0.15) is 16.7 Å². The van der Waals surface area contributed by atoms with Gasteiger partial charge in [-0.25, -0.2) is 4.98 Å². The Bertz CT molecular complexity index is 461. The first-order valence-electron chi connectivity index (χ1n) is 5.15.